The largest absolute Gasteiger partial charge is 0.338 e. The van der Waals surface area contributed by atoms with Gasteiger partial charge in [-0.25, -0.2) is 13.4 Å². The molecule has 0 spiro atoms. The number of halogens is 2. The van der Waals surface area contributed by atoms with Crippen molar-refractivity contribution in [3.63, 3.8) is 0 Å². The Labute approximate surface area is 127 Å². The number of pyridine rings is 1. The van der Waals surface area contributed by atoms with E-state index in [0.29, 0.717) is 23.1 Å². The Bertz CT molecular complexity index is 566. The van der Waals surface area contributed by atoms with E-state index in [9.17, 15) is 8.42 Å². The quantitative estimate of drug-likeness (QED) is 0.790. The normalized spacial score (nSPS) is 20.6. The molecule has 0 N–H and O–H groups in total. The van der Waals surface area contributed by atoms with Gasteiger partial charge in [-0.15, -0.1) is 11.6 Å². The van der Waals surface area contributed by atoms with Crippen LogP contribution in [-0.2, 0) is 15.7 Å². The molecule has 106 valence electrons. The standard InChI is InChI=1S/C11H14Cl2N2O2S2/c1-19(16,17)11-7-18-3-2-15(11)10-4-8(5-12)9(13)6-14-10/h4,6,11H,2-3,5,7H2,1H3. The molecule has 1 aliphatic heterocycles. The molecule has 0 aliphatic carbocycles. The second-order valence-corrected chi connectivity index (χ2v) is 8.35. The molecule has 0 saturated carbocycles. The predicted molar refractivity (Wildman–Crippen MR) is 82.1 cm³/mol. The van der Waals surface area contributed by atoms with Gasteiger partial charge in [-0.05, 0) is 11.6 Å². The molecule has 0 aromatic carbocycles. The Morgan fingerprint density at radius 2 is 2.32 bits per heavy atom. The molecule has 19 heavy (non-hydrogen) atoms. The zero-order chi connectivity index (χ0) is 14.0. The fraction of sp³-hybridized carbons (Fsp3) is 0.545. The number of rotatable bonds is 3. The van der Waals surface area contributed by atoms with Crippen molar-refractivity contribution >= 4 is 50.6 Å². The maximum atomic E-state index is 11.9. The summed E-state index contributed by atoms with van der Waals surface area (Å²) in [6.07, 6.45) is 2.78. The summed E-state index contributed by atoms with van der Waals surface area (Å²) < 4.78 is 23.7. The minimum absolute atomic E-state index is 0.278. The summed E-state index contributed by atoms with van der Waals surface area (Å²) in [5, 5.41) is -0.0378. The van der Waals surface area contributed by atoms with Crippen LogP contribution in [0.3, 0.4) is 0 Å². The lowest BCUT2D eigenvalue weighted by Crippen LogP contribution is -2.47. The van der Waals surface area contributed by atoms with E-state index in [1.54, 1.807) is 17.8 Å². The first kappa shape index (κ1) is 15.2. The predicted octanol–water partition coefficient (Wildman–Crippen LogP) is 2.40. The third kappa shape index (κ3) is 3.48. The molecular weight excluding hydrogens is 327 g/mol. The highest BCUT2D eigenvalue weighted by molar-refractivity contribution is 8.01. The van der Waals surface area contributed by atoms with Crippen molar-refractivity contribution in [1.82, 2.24) is 4.98 Å². The van der Waals surface area contributed by atoms with Gasteiger partial charge in [0.25, 0.3) is 0 Å². The Balaban J connectivity index is 2.38. The van der Waals surface area contributed by atoms with Gasteiger partial charge < -0.3 is 4.90 Å². The lowest BCUT2D eigenvalue weighted by molar-refractivity contribution is 0.583. The first-order chi connectivity index (χ1) is 8.93. The van der Waals surface area contributed by atoms with Crippen LogP contribution < -0.4 is 4.90 Å². The molecule has 2 rings (SSSR count). The Morgan fingerprint density at radius 3 is 2.95 bits per heavy atom. The minimum Gasteiger partial charge on any atom is -0.338 e. The van der Waals surface area contributed by atoms with Crippen molar-refractivity contribution in [3.8, 4) is 0 Å². The monoisotopic (exact) mass is 340 g/mol. The number of hydrogen-bond donors (Lipinski definition) is 0. The summed E-state index contributed by atoms with van der Waals surface area (Å²) in [5.41, 5.74) is 0.763. The number of aromatic nitrogens is 1. The van der Waals surface area contributed by atoms with Crippen LogP contribution in [0.4, 0.5) is 5.82 Å². The molecule has 1 unspecified atom stereocenters. The molecule has 0 amide bonds. The third-order valence-corrected chi connectivity index (χ3v) is 6.21. The number of sulfone groups is 1. The second kappa shape index (κ2) is 6.08. The average molecular weight is 341 g/mol. The maximum absolute atomic E-state index is 11.9. The van der Waals surface area contributed by atoms with E-state index in [1.165, 1.54) is 12.5 Å². The van der Waals surface area contributed by atoms with Gasteiger partial charge in [0.1, 0.15) is 11.2 Å². The fourth-order valence-electron chi connectivity index (χ4n) is 1.93. The van der Waals surface area contributed by atoms with E-state index >= 15 is 0 Å². The molecule has 1 aromatic rings. The molecule has 1 fully saturated rings. The first-order valence-corrected chi connectivity index (χ1v) is 9.69. The van der Waals surface area contributed by atoms with Crippen LogP contribution in [0, 0.1) is 0 Å². The average Bonchev–Trinajstić information content (AvgIpc) is 2.38. The van der Waals surface area contributed by atoms with Crippen LogP contribution >= 0.6 is 35.0 Å². The van der Waals surface area contributed by atoms with E-state index in [-0.39, 0.29) is 5.88 Å². The molecule has 1 saturated heterocycles. The highest BCUT2D eigenvalue weighted by Gasteiger charge is 2.32. The van der Waals surface area contributed by atoms with Crippen LogP contribution in [0.25, 0.3) is 0 Å². The van der Waals surface area contributed by atoms with Crippen LogP contribution in [0.2, 0.25) is 5.02 Å². The number of hydrogen-bond acceptors (Lipinski definition) is 5. The topological polar surface area (TPSA) is 50.3 Å². The molecule has 0 bridgehead atoms. The molecule has 8 heteroatoms. The van der Waals surface area contributed by atoms with Gasteiger partial charge in [0.15, 0.2) is 9.84 Å². The van der Waals surface area contributed by atoms with Gasteiger partial charge in [0.2, 0.25) is 0 Å². The highest BCUT2D eigenvalue weighted by atomic mass is 35.5. The minimum atomic E-state index is -3.15. The summed E-state index contributed by atoms with van der Waals surface area (Å²) in [6.45, 7) is 0.652. The maximum Gasteiger partial charge on any atom is 0.169 e. The van der Waals surface area contributed by atoms with Crippen molar-refractivity contribution < 1.29 is 8.42 Å². The Morgan fingerprint density at radius 1 is 1.58 bits per heavy atom. The number of nitrogens with zero attached hydrogens (tertiary/aromatic N) is 2. The molecule has 4 nitrogen and oxygen atoms in total. The van der Waals surface area contributed by atoms with Gasteiger partial charge >= 0.3 is 0 Å². The van der Waals surface area contributed by atoms with Gasteiger partial charge in [-0.1, -0.05) is 11.6 Å². The van der Waals surface area contributed by atoms with Crippen LogP contribution in [-0.4, -0.2) is 43.1 Å². The molecule has 1 aromatic heterocycles. The van der Waals surface area contributed by atoms with E-state index < -0.39 is 15.2 Å². The van der Waals surface area contributed by atoms with Gasteiger partial charge in [-0.3, -0.25) is 0 Å². The zero-order valence-corrected chi connectivity index (χ0v) is 13.5. The van der Waals surface area contributed by atoms with Crippen molar-refractivity contribution in [2.45, 2.75) is 11.3 Å². The molecule has 1 aliphatic rings. The smallest absolute Gasteiger partial charge is 0.169 e. The van der Waals surface area contributed by atoms with Crippen molar-refractivity contribution in [2.24, 2.45) is 0 Å². The van der Waals surface area contributed by atoms with Gasteiger partial charge in [-0.2, -0.15) is 11.8 Å². The van der Waals surface area contributed by atoms with E-state index in [4.69, 9.17) is 23.2 Å². The van der Waals surface area contributed by atoms with E-state index in [0.717, 1.165) is 11.3 Å². The van der Waals surface area contributed by atoms with Crippen molar-refractivity contribution in [2.75, 3.05) is 29.2 Å². The first-order valence-electron chi connectivity index (χ1n) is 5.67. The van der Waals surface area contributed by atoms with Gasteiger partial charge in [0, 0.05) is 36.4 Å². The van der Waals surface area contributed by atoms with Crippen molar-refractivity contribution in [3.05, 3.63) is 22.8 Å². The Hall–Kier alpha value is -0.170. The second-order valence-electron chi connectivity index (χ2n) is 4.32. The SMILES string of the molecule is CS(=O)(=O)C1CSCCN1c1cc(CCl)c(Cl)cn1. The van der Waals surface area contributed by atoms with Gasteiger partial charge in [0.05, 0.1) is 5.02 Å². The van der Waals surface area contributed by atoms with E-state index in [2.05, 4.69) is 4.98 Å². The Kier molecular flexibility index (Phi) is 4.87. The number of anilines is 1. The van der Waals surface area contributed by atoms with Crippen molar-refractivity contribution in [1.29, 1.82) is 0 Å². The zero-order valence-electron chi connectivity index (χ0n) is 10.3. The number of alkyl halides is 1. The lowest BCUT2D eigenvalue weighted by atomic mass is 10.3. The van der Waals surface area contributed by atoms with Crippen LogP contribution in [0.5, 0.6) is 0 Å². The molecule has 1 atom stereocenters. The number of thioether (sulfide) groups is 1. The van der Waals surface area contributed by atoms with Crippen LogP contribution in [0.1, 0.15) is 5.56 Å². The summed E-state index contributed by atoms with van der Waals surface area (Å²) in [4.78, 5) is 6.05. The summed E-state index contributed by atoms with van der Waals surface area (Å²) in [7, 11) is -3.15. The molecule has 2 heterocycles. The molecular formula is C11H14Cl2N2O2S2. The summed E-state index contributed by atoms with van der Waals surface area (Å²) in [6, 6.07) is 1.77. The lowest BCUT2D eigenvalue weighted by Gasteiger charge is -2.35. The molecule has 0 radical (unpaired) electrons. The summed E-state index contributed by atoms with van der Waals surface area (Å²) >= 11 is 13.4. The fourth-order valence-corrected chi connectivity index (χ4v) is 5.21. The van der Waals surface area contributed by atoms with Crippen LogP contribution in [0.15, 0.2) is 12.3 Å². The highest BCUT2D eigenvalue weighted by Crippen LogP contribution is 2.28. The summed E-state index contributed by atoms with van der Waals surface area (Å²) in [5.74, 6) is 2.34. The third-order valence-electron chi connectivity index (χ3n) is 2.94. The van der Waals surface area contributed by atoms with E-state index in [1.807, 2.05) is 4.90 Å².